The number of hydrogen-bond donors (Lipinski definition) is 1. The van der Waals surface area contributed by atoms with Crippen LogP contribution in [-0.2, 0) is 16.6 Å². The molecule has 166 valence electrons. The van der Waals surface area contributed by atoms with Crippen molar-refractivity contribution in [2.45, 2.75) is 12.1 Å². The van der Waals surface area contributed by atoms with Crippen molar-refractivity contribution in [3.05, 3.63) is 76.8 Å². The standard InChI is InChI=1S/C21H14ClF3N2O3S2/c22-15-6-4-13(5-7-15)20-26-17(12-31-20)11-30-19-3-1-2-14-10-16(8-9-18(14)19)27-32(28,29)21(23,24)25/h1-10,12,27H,11H2. The molecule has 0 saturated carbocycles. The van der Waals surface area contributed by atoms with Gasteiger partial charge in [-0.3, -0.25) is 4.72 Å². The predicted octanol–water partition coefficient (Wildman–Crippen LogP) is 6.46. The van der Waals surface area contributed by atoms with E-state index >= 15 is 0 Å². The van der Waals surface area contributed by atoms with Gasteiger partial charge in [-0.15, -0.1) is 11.3 Å². The smallest absolute Gasteiger partial charge is 0.487 e. The monoisotopic (exact) mass is 498 g/mol. The summed E-state index contributed by atoms with van der Waals surface area (Å²) >= 11 is 7.38. The third-order valence-electron chi connectivity index (χ3n) is 4.42. The molecule has 0 unspecified atom stereocenters. The first kappa shape index (κ1) is 22.4. The van der Waals surface area contributed by atoms with E-state index in [0.717, 1.165) is 10.6 Å². The highest BCUT2D eigenvalue weighted by atomic mass is 35.5. The fourth-order valence-electron chi connectivity index (χ4n) is 2.91. The van der Waals surface area contributed by atoms with Crippen molar-refractivity contribution < 1.29 is 26.3 Å². The molecular formula is C21H14ClF3N2O3S2. The lowest BCUT2D eigenvalue weighted by Crippen LogP contribution is -2.29. The maximum Gasteiger partial charge on any atom is 0.516 e. The molecule has 0 amide bonds. The van der Waals surface area contributed by atoms with E-state index in [1.54, 1.807) is 30.3 Å². The Morgan fingerprint density at radius 3 is 2.53 bits per heavy atom. The van der Waals surface area contributed by atoms with Crippen LogP contribution >= 0.6 is 22.9 Å². The van der Waals surface area contributed by atoms with Gasteiger partial charge in [-0.05, 0) is 41.8 Å². The van der Waals surface area contributed by atoms with Crippen LogP contribution in [0, 0.1) is 0 Å². The van der Waals surface area contributed by atoms with E-state index in [1.807, 2.05) is 17.5 Å². The predicted molar refractivity (Wildman–Crippen MR) is 119 cm³/mol. The summed E-state index contributed by atoms with van der Waals surface area (Å²) in [5, 5.41) is 4.47. The van der Waals surface area contributed by atoms with Gasteiger partial charge in [0.25, 0.3) is 0 Å². The molecule has 0 bridgehead atoms. The molecule has 5 nitrogen and oxygen atoms in total. The van der Waals surface area contributed by atoms with Crippen LogP contribution in [0.1, 0.15) is 5.69 Å². The number of fused-ring (bicyclic) bond motifs is 1. The van der Waals surface area contributed by atoms with Gasteiger partial charge in [-0.1, -0.05) is 35.9 Å². The summed E-state index contributed by atoms with van der Waals surface area (Å²) in [6, 6.07) is 16.4. The highest BCUT2D eigenvalue weighted by Gasteiger charge is 2.46. The summed E-state index contributed by atoms with van der Waals surface area (Å²) in [7, 11) is -5.49. The zero-order valence-electron chi connectivity index (χ0n) is 16.1. The molecule has 1 N–H and O–H groups in total. The molecular weight excluding hydrogens is 485 g/mol. The SMILES string of the molecule is O=S(=O)(Nc1ccc2c(OCc3csc(-c4ccc(Cl)cc4)n3)cccc2c1)C(F)(F)F. The van der Waals surface area contributed by atoms with Crippen LogP contribution in [0.3, 0.4) is 0 Å². The van der Waals surface area contributed by atoms with Crippen molar-refractivity contribution in [3.63, 3.8) is 0 Å². The molecule has 3 aromatic carbocycles. The summed E-state index contributed by atoms with van der Waals surface area (Å²) in [5.74, 6) is 0.494. The lowest BCUT2D eigenvalue weighted by atomic mass is 10.1. The van der Waals surface area contributed by atoms with Gasteiger partial charge < -0.3 is 4.74 Å². The van der Waals surface area contributed by atoms with Crippen molar-refractivity contribution in [1.29, 1.82) is 0 Å². The first-order valence-electron chi connectivity index (χ1n) is 9.07. The van der Waals surface area contributed by atoms with E-state index in [9.17, 15) is 21.6 Å². The second-order valence-corrected chi connectivity index (χ2v) is 9.65. The number of halogens is 4. The molecule has 4 aromatic rings. The topological polar surface area (TPSA) is 68.3 Å². The Balaban J connectivity index is 1.51. The molecule has 4 rings (SSSR count). The normalized spacial score (nSPS) is 12.1. The van der Waals surface area contributed by atoms with E-state index in [2.05, 4.69) is 4.98 Å². The number of ether oxygens (including phenoxy) is 1. The summed E-state index contributed by atoms with van der Waals surface area (Å²) in [6.45, 7) is 0.186. The quantitative estimate of drug-likeness (QED) is 0.331. The van der Waals surface area contributed by atoms with Crippen LogP contribution in [0.25, 0.3) is 21.3 Å². The highest BCUT2D eigenvalue weighted by molar-refractivity contribution is 7.93. The van der Waals surface area contributed by atoms with Crippen molar-refractivity contribution in [1.82, 2.24) is 4.98 Å². The molecule has 0 aliphatic heterocycles. The number of alkyl halides is 3. The lowest BCUT2D eigenvalue weighted by Gasteiger charge is -2.12. The number of nitrogens with one attached hydrogen (secondary N) is 1. The molecule has 0 fully saturated rings. The molecule has 0 radical (unpaired) electrons. The Morgan fingerprint density at radius 1 is 1.06 bits per heavy atom. The van der Waals surface area contributed by atoms with Crippen molar-refractivity contribution in [2.24, 2.45) is 0 Å². The maximum absolute atomic E-state index is 12.6. The maximum atomic E-state index is 12.6. The third kappa shape index (κ3) is 4.82. The average molecular weight is 499 g/mol. The fraction of sp³-hybridized carbons (Fsp3) is 0.0952. The van der Waals surface area contributed by atoms with Gasteiger partial charge in [-0.2, -0.15) is 21.6 Å². The Hall–Kier alpha value is -2.82. The summed E-state index contributed by atoms with van der Waals surface area (Å²) in [4.78, 5) is 4.55. The Labute approximate surface area is 190 Å². The van der Waals surface area contributed by atoms with Gasteiger partial charge in [0.2, 0.25) is 0 Å². The minimum absolute atomic E-state index is 0.186. The molecule has 32 heavy (non-hydrogen) atoms. The van der Waals surface area contributed by atoms with Gasteiger partial charge in [0.1, 0.15) is 17.4 Å². The van der Waals surface area contributed by atoms with Crippen LogP contribution in [0.4, 0.5) is 18.9 Å². The number of benzene rings is 3. The van der Waals surface area contributed by atoms with E-state index in [-0.39, 0.29) is 12.3 Å². The minimum Gasteiger partial charge on any atom is -0.487 e. The van der Waals surface area contributed by atoms with Crippen molar-refractivity contribution in [3.8, 4) is 16.3 Å². The molecule has 0 spiro atoms. The minimum atomic E-state index is -5.49. The Bertz CT molecular complexity index is 1370. The van der Waals surface area contributed by atoms with Crippen LogP contribution < -0.4 is 9.46 Å². The summed E-state index contributed by atoms with van der Waals surface area (Å²) < 4.78 is 67.9. The molecule has 0 aliphatic rings. The van der Waals surface area contributed by atoms with Gasteiger partial charge in [0.15, 0.2) is 0 Å². The molecule has 0 aliphatic carbocycles. The number of nitrogens with zero attached hydrogens (tertiary/aromatic N) is 1. The second kappa shape index (κ2) is 8.61. The second-order valence-electron chi connectivity index (χ2n) is 6.68. The third-order valence-corrected chi connectivity index (χ3v) is 6.72. The zero-order valence-corrected chi connectivity index (χ0v) is 18.4. The molecule has 11 heteroatoms. The van der Waals surface area contributed by atoms with E-state index in [1.165, 1.54) is 34.3 Å². The van der Waals surface area contributed by atoms with E-state index < -0.39 is 15.5 Å². The fourth-order valence-corrected chi connectivity index (χ4v) is 4.40. The van der Waals surface area contributed by atoms with Crippen molar-refractivity contribution >= 4 is 49.4 Å². The van der Waals surface area contributed by atoms with Crippen LogP contribution in [-0.4, -0.2) is 18.9 Å². The number of sulfonamides is 1. The molecule has 1 heterocycles. The van der Waals surface area contributed by atoms with E-state index in [0.29, 0.717) is 27.2 Å². The van der Waals surface area contributed by atoms with Gasteiger partial charge in [0.05, 0.1) is 5.69 Å². The van der Waals surface area contributed by atoms with E-state index in [4.69, 9.17) is 16.3 Å². The zero-order chi connectivity index (χ0) is 22.9. The average Bonchev–Trinajstić information content (AvgIpc) is 3.20. The first-order chi connectivity index (χ1) is 15.1. The van der Waals surface area contributed by atoms with Crippen LogP contribution in [0.5, 0.6) is 5.75 Å². The first-order valence-corrected chi connectivity index (χ1v) is 11.8. The largest absolute Gasteiger partial charge is 0.516 e. The molecule has 0 atom stereocenters. The van der Waals surface area contributed by atoms with Gasteiger partial charge in [-0.25, -0.2) is 4.98 Å². The Morgan fingerprint density at radius 2 is 1.81 bits per heavy atom. The van der Waals surface area contributed by atoms with Crippen LogP contribution in [0.2, 0.25) is 5.02 Å². The van der Waals surface area contributed by atoms with Crippen molar-refractivity contribution in [2.75, 3.05) is 4.72 Å². The highest BCUT2D eigenvalue weighted by Crippen LogP contribution is 2.31. The number of thiazole rings is 1. The summed E-state index contributed by atoms with van der Waals surface area (Å²) in [5.41, 5.74) is -3.94. The summed E-state index contributed by atoms with van der Waals surface area (Å²) in [6.07, 6.45) is 0. The number of anilines is 1. The van der Waals surface area contributed by atoms with Crippen LogP contribution in [0.15, 0.2) is 66.0 Å². The van der Waals surface area contributed by atoms with Gasteiger partial charge >= 0.3 is 15.5 Å². The number of aromatic nitrogens is 1. The van der Waals surface area contributed by atoms with Gasteiger partial charge in [0, 0.05) is 27.0 Å². The number of hydrogen-bond acceptors (Lipinski definition) is 5. The molecule has 0 saturated heterocycles. The lowest BCUT2D eigenvalue weighted by molar-refractivity contribution is -0.0429. The number of rotatable bonds is 6. The Kier molecular flexibility index (Phi) is 6.02. The molecule has 1 aromatic heterocycles.